The monoisotopic (exact) mass is 262 g/mol. The molecule has 0 unspecified atom stereocenters. The summed E-state index contributed by atoms with van der Waals surface area (Å²) in [4.78, 5) is -0.532. The third-order valence-corrected chi connectivity index (χ3v) is 2.78. The molecule has 0 heterocycles. The van der Waals surface area contributed by atoms with Gasteiger partial charge >= 0.3 is 6.61 Å². The topological polar surface area (TPSA) is 93.2 Å². The number of ether oxygens (including phenoxy) is 1. The maximum absolute atomic E-state index is 12.1. The quantitative estimate of drug-likeness (QED) is 0.883. The fourth-order valence-electron chi connectivity index (χ4n) is 1.24. The van der Waals surface area contributed by atoms with Gasteiger partial charge in [0.1, 0.15) is 22.3 Å². The fraction of sp³-hybridized carbons (Fsp3) is 0.222. The molecule has 0 radical (unpaired) electrons. The van der Waals surface area contributed by atoms with Crippen molar-refractivity contribution in [2.24, 2.45) is 5.14 Å². The van der Waals surface area contributed by atoms with Crippen LogP contribution in [0.25, 0.3) is 0 Å². The van der Waals surface area contributed by atoms with Gasteiger partial charge < -0.3 is 4.74 Å². The first-order valence-corrected chi connectivity index (χ1v) is 5.82. The van der Waals surface area contributed by atoms with Crippen LogP contribution in [-0.2, 0) is 10.0 Å². The fourth-order valence-corrected chi connectivity index (χ4v) is 2.03. The van der Waals surface area contributed by atoms with Crippen LogP contribution >= 0.6 is 0 Å². The summed E-state index contributed by atoms with van der Waals surface area (Å²) in [6.45, 7) is -1.69. The molecule has 5 nitrogen and oxygen atoms in total. The van der Waals surface area contributed by atoms with Gasteiger partial charge in [-0.3, -0.25) is 0 Å². The van der Waals surface area contributed by atoms with E-state index in [1.165, 1.54) is 13.0 Å². The Bertz CT molecular complexity index is 579. The van der Waals surface area contributed by atoms with Crippen LogP contribution < -0.4 is 9.88 Å². The average Bonchev–Trinajstić information content (AvgIpc) is 2.14. The molecule has 92 valence electrons. The van der Waals surface area contributed by atoms with E-state index in [2.05, 4.69) is 4.74 Å². The van der Waals surface area contributed by atoms with Gasteiger partial charge in [0.15, 0.2) is 0 Å². The lowest BCUT2D eigenvalue weighted by atomic mass is 10.1. The van der Waals surface area contributed by atoms with Gasteiger partial charge in [0.25, 0.3) is 0 Å². The predicted molar refractivity (Wildman–Crippen MR) is 53.9 cm³/mol. The molecule has 0 aromatic heterocycles. The molecule has 0 atom stereocenters. The number of rotatable bonds is 3. The van der Waals surface area contributed by atoms with Crippen LogP contribution in [0.4, 0.5) is 8.78 Å². The van der Waals surface area contributed by atoms with Crippen molar-refractivity contribution in [3.05, 3.63) is 23.3 Å². The average molecular weight is 262 g/mol. The molecule has 2 N–H and O–H groups in total. The van der Waals surface area contributed by atoms with Gasteiger partial charge in [-0.05, 0) is 24.6 Å². The minimum Gasteiger partial charge on any atom is -0.433 e. The lowest BCUT2D eigenvalue weighted by Gasteiger charge is -2.10. The summed E-state index contributed by atoms with van der Waals surface area (Å²) in [6, 6.07) is 3.74. The van der Waals surface area contributed by atoms with E-state index in [0.717, 1.165) is 12.1 Å². The third kappa shape index (κ3) is 3.12. The molecule has 0 amide bonds. The van der Waals surface area contributed by atoms with E-state index in [1.54, 1.807) is 0 Å². The largest absolute Gasteiger partial charge is 0.433 e. The van der Waals surface area contributed by atoms with Gasteiger partial charge in [0, 0.05) is 0 Å². The lowest BCUT2D eigenvalue weighted by Crippen LogP contribution is -2.15. The minimum atomic E-state index is -4.17. The van der Waals surface area contributed by atoms with E-state index in [9.17, 15) is 17.2 Å². The number of alkyl halides is 2. The maximum atomic E-state index is 12.1. The summed E-state index contributed by atoms with van der Waals surface area (Å²) in [5, 5.41) is 13.7. The maximum Gasteiger partial charge on any atom is 0.387 e. The van der Waals surface area contributed by atoms with Crippen molar-refractivity contribution in [2.75, 3.05) is 0 Å². The summed E-state index contributed by atoms with van der Waals surface area (Å²) in [5.41, 5.74) is -0.193. The molecule has 0 saturated heterocycles. The number of halogens is 2. The Morgan fingerprint density at radius 1 is 1.47 bits per heavy atom. The Balaban J connectivity index is 3.53. The van der Waals surface area contributed by atoms with Crippen LogP contribution in [0, 0.1) is 18.3 Å². The number of nitrogens with two attached hydrogens (primary N) is 1. The molecule has 17 heavy (non-hydrogen) atoms. The smallest absolute Gasteiger partial charge is 0.387 e. The summed E-state index contributed by atoms with van der Waals surface area (Å²) >= 11 is 0. The molecule has 0 fully saturated rings. The highest BCUT2D eigenvalue weighted by Gasteiger charge is 2.20. The first-order chi connectivity index (χ1) is 7.75. The van der Waals surface area contributed by atoms with Gasteiger partial charge in [-0.15, -0.1) is 0 Å². The van der Waals surface area contributed by atoms with E-state index in [-0.39, 0.29) is 0 Å². The highest BCUT2D eigenvalue weighted by molar-refractivity contribution is 7.89. The number of nitrogens with zero attached hydrogens (tertiary/aromatic N) is 1. The number of aryl methyl sites for hydroxylation is 1. The van der Waals surface area contributed by atoms with Crippen LogP contribution in [0.15, 0.2) is 17.0 Å². The number of primary sulfonamides is 1. The summed E-state index contributed by atoms with van der Waals surface area (Å²) < 4.78 is 50.6. The van der Waals surface area contributed by atoms with Crippen LogP contribution in [0.5, 0.6) is 5.75 Å². The van der Waals surface area contributed by atoms with Gasteiger partial charge in [-0.2, -0.15) is 14.0 Å². The molecule has 0 aliphatic heterocycles. The molecule has 1 rings (SSSR count). The van der Waals surface area contributed by atoms with Crippen molar-refractivity contribution >= 4 is 10.0 Å². The molecule has 1 aromatic rings. The number of nitriles is 1. The van der Waals surface area contributed by atoms with Crippen molar-refractivity contribution in [3.63, 3.8) is 0 Å². The number of hydrogen-bond acceptors (Lipinski definition) is 4. The molecule has 0 bridgehead atoms. The second-order valence-corrected chi connectivity index (χ2v) is 4.70. The molecule has 0 spiro atoms. The summed E-state index contributed by atoms with van der Waals surface area (Å²) in [7, 11) is -4.17. The zero-order valence-electron chi connectivity index (χ0n) is 8.65. The first-order valence-electron chi connectivity index (χ1n) is 4.28. The molecular formula is C9H8F2N2O3S. The molecule has 0 aliphatic rings. The van der Waals surface area contributed by atoms with E-state index >= 15 is 0 Å². The normalized spacial score (nSPS) is 11.3. The second kappa shape index (κ2) is 4.65. The molecular weight excluding hydrogens is 254 g/mol. The van der Waals surface area contributed by atoms with Crippen molar-refractivity contribution < 1.29 is 21.9 Å². The van der Waals surface area contributed by atoms with Crippen molar-refractivity contribution in [3.8, 4) is 11.8 Å². The number of hydrogen-bond donors (Lipinski definition) is 1. The second-order valence-electron chi connectivity index (χ2n) is 3.17. The van der Waals surface area contributed by atoms with Crippen molar-refractivity contribution in [1.29, 1.82) is 5.26 Å². The molecule has 0 aliphatic carbocycles. The van der Waals surface area contributed by atoms with Crippen LogP contribution in [-0.4, -0.2) is 15.0 Å². The standard InChI is InChI=1S/C9H8F2N2O3S/c1-5-2-7(16-9(10)11)6(4-12)8(3-5)17(13,14)15/h2-3,9H,1H3,(H2,13,14,15). The van der Waals surface area contributed by atoms with E-state index in [0.29, 0.717) is 5.56 Å². The highest BCUT2D eigenvalue weighted by Crippen LogP contribution is 2.27. The molecule has 1 aromatic carbocycles. The third-order valence-electron chi connectivity index (χ3n) is 1.84. The van der Waals surface area contributed by atoms with Gasteiger partial charge in [0.2, 0.25) is 10.0 Å². The van der Waals surface area contributed by atoms with Gasteiger partial charge in [-0.25, -0.2) is 13.6 Å². The highest BCUT2D eigenvalue weighted by atomic mass is 32.2. The van der Waals surface area contributed by atoms with Crippen molar-refractivity contribution in [1.82, 2.24) is 0 Å². The van der Waals surface area contributed by atoms with Crippen molar-refractivity contribution in [2.45, 2.75) is 18.4 Å². The Hall–Kier alpha value is -1.72. The number of benzene rings is 1. The minimum absolute atomic E-state index is 0.337. The zero-order chi connectivity index (χ0) is 13.2. The predicted octanol–water partition coefficient (Wildman–Crippen LogP) is 1.12. The Kier molecular flexibility index (Phi) is 3.65. The summed E-state index contributed by atoms with van der Waals surface area (Å²) in [5.74, 6) is -0.508. The van der Waals surface area contributed by atoms with Crippen LogP contribution in [0.3, 0.4) is 0 Å². The Morgan fingerprint density at radius 2 is 2.06 bits per heavy atom. The SMILES string of the molecule is Cc1cc(OC(F)F)c(C#N)c(S(N)(=O)=O)c1. The summed E-state index contributed by atoms with van der Waals surface area (Å²) in [6.07, 6.45) is 0. The first kappa shape index (κ1) is 13.3. The molecule has 0 saturated carbocycles. The van der Waals surface area contributed by atoms with E-state index in [4.69, 9.17) is 10.4 Å². The van der Waals surface area contributed by atoms with E-state index in [1.807, 2.05) is 0 Å². The Morgan fingerprint density at radius 3 is 2.47 bits per heavy atom. The lowest BCUT2D eigenvalue weighted by molar-refractivity contribution is -0.0502. The van der Waals surface area contributed by atoms with Gasteiger partial charge in [-0.1, -0.05) is 0 Å². The van der Waals surface area contributed by atoms with Crippen LogP contribution in [0.2, 0.25) is 0 Å². The van der Waals surface area contributed by atoms with E-state index < -0.39 is 32.8 Å². The molecule has 8 heteroatoms. The zero-order valence-corrected chi connectivity index (χ0v) is 9.46. The number of sulfonamides is 1. The van der Waals surface area contributed by atoms with Gasteiger partial charge in [0.05, 0.1) is 0 Å². The van der Waals surface area contributed by atoms with Crippen LogP contribution in [0.1, 0.15) is 11.1 Å². The Labute approximate surface area is 96.5 Å².